The van der Waals surface area contributed by atoms with Gasteiger partial charge in [-0.1, -0.05) is 53.4 Å². The van der Waals surface area contributed by atoms with Crippen LogP contribution in [-0.2, 0) is 4.79 Å². The van der Waals surface area contributed by atoms with Crippen LogP contribution in [0.1, 0.15) is 30.1 Å². The average Bonchev–Trinajstić information content (AvgIpc) is 2.99. The number of benzene rings is 1. The molecule has 0 bridgehead atoms. The maximum Gasteiger partial charge on any atom is 0.240 e. The van der Waals surface area contributed by atoms with Crippen LogP contribution in [0.25, 0.3) is 0 Å². The molecule has 1 fully saturated rings. The maximum atomic E-state index is 12.9. The molecule has 1 aliphatic heterocycles. The summed E-state index contributed by atoms with van der Waals surface area (Å²) < 4.78 is 0.733. The Balaban J connectivity index is 1.83. The van der Waals surface area contributed by atoms with Crippen molar-refractivity contribution in [1.82, 2.24) is 15.1 Å². The van der Waals surface area contributed by atoms with Crippen molar-refractivity contribution in [2.24, 2.45) is 0 Å². The molecule has 0 unspecified atom stereocenters. The fourth-order valence-electron chi connectivity index (χ4n) is 2.54. The summed E-state index contributed by atoms with van der Waals surface area (Å²) in [4.78, 5) is 14.9. The molecule has 0 spiro atoms. The predicted octanol–water partition coefficient (Wildman–Crippen LogP) is 2.97. The zero-order valence-corrected chi connectivity index (χ0v) is 13.8. The summed E-state index contributed by atoms with van der Waals surface area (Å²) in [6.45, 7) is 1.70. The molecule has 1 aliphatic rings. The minimum Gasteiger partial charge on any atom is -0.374 e. The molecule has 1 atom stereocenters. The number of amides is 1. The minimum absolute atomic E-state index is 0.157. The van der Waals surface area contributed by atoms with Gasteiger partial charge in [-0.3, -0.25) is 4.79 Å². The summed E-state index contributed by atoms with van der Waals surface area (Å²) in [7, 11) is 0. The SMILES string of the molecule is Nc1nnc(S[C@@H](C(=O)N2CCCCC2)c2ccccc2)s1. The highest BCUT2D eigenvalue weighted by Crippen LogP contribution is 2.38. The van der Waals surface area contributed by atoms with Crippen LogP contribution in [0.2, 0.25) is 0 Å². The Hall–Kier alpha value is -1.60. The van der Waals surface area contributed by atoms with E-state index in [0.717, 1.165) is 35.8 Å². The first kappa shape index (κ1) is 15.3. The summed E-state index contributed by atoms with van der Waals surface area (Å²) in [5.41, 5.74) is 6.65. The van der Waals surface area contributed by atoms with Gasteiger partial charge in [0.25, 0.3) is 0 Å². The first-order chi connectivity index (χ1) is 10.7. The van der Waals surface area contributed by atoms with E-state index in [0.29, 0.717) is 5.13 Å². The van der Waals surface area contributed by atoms with E-state index in [-0.39, 0.29) is 11.2 Å². The highest BCUT2D eigenvalue weighted by Gasteiger charge is 2.28. The van der Waals surface area contributed by atoms with Gasteiger partial charge in [0.05, 0.1) is 0 Å². The third-order valence-corrected chi connectivity index (χ3v) is 5.71. The number of nitrogen functional groups attached to an aromatic ring is 1. The second kappa shape index (κ2) is 7.11. The zero-order valence-electron chi connectivity index (χ0n) is 12.1. The van der Waals surface area contributed by atoms with Gasteiger partial charge in [0.1, 0.15) is 5.25 Å². The van der Waals surface area contributed by atoms with Gasteiger partial charge in [-0.05, 0) is 24.8 Å². The van der Waals surface area contributed by atoms with E-state index < -0.39 is 0 Å². The largest absolute Gasteiger partial charge is 0.374 e. The number of hydrogen-bond donors (Lipinski definition) is 1. The molecule has 0 saturated carbocycles. The Bertz CT molecular complexity index is 625. The second-order valence-electron chi connectivity index (χ2n) is 5.20. The van der Waals surface area contributed by atoms with Crippen molar-refractivity contribution < 1.29 is 4.79 Å². The van der Waals surface area contributed by atoms with E-state index in [1.807, 2.05) is 35.2 Å². The monoisotopic (exact) mass is 334 g/mol. The van der Waals surface area contributed by atoms with E-state index in [1.165, 1.54) is 29.5 Å². The van der Waals surface area contributed by atoms with Gasteiger partial charge in [0, 0.05) is 13.1 Å². The van der Waals surface area contributed by atoms with Crippen molar-refractivity contribution in [2.45, 2.75) is 28.9 Å². The summed E-state index contributed by atoms with van der Waals surface area (Å²) in [5, 5.41) is 8.02. The molecule has 0 radical (unpaired) electrons. The number of thioether (sulfide) groups is 1. The van der Waals surface area contributed by atoms with Gasteiger partial charge in [-0.15, -0.1) is 10.2 Å². The number of likely N-dealkylation sites (tertiary alicyclic amines) is 1. The fraction of sp³-hybridized carbons (Fsp3) is 0.400. The van der Waals surface area contributed by atoms with Crippen molar-refractivity contribution in [3.8, 4) is 0 Å². The van der Waals surface area contributed by atoms with Crippen LogP contribution in [0.15, 0.2) is 34.7 Å². The number of piperidine rings is 1. The van der Waals surface area contributed by atoms with Crippen molar-refractivity contribution in [3.05, 3.63) is 35.9 Å². The zero-order chi connectivity index (χ0) is 15.4. The summed E-state index contributed by atoms with van der Waals surface area (Å²) in [6, 6.07) is 9.86. The molecule has 1 aromatic carbocycles. The maximum absolute atomic E-state index is 12.9. The van der Waals surface area contributed by atoms with Crippen LogP contribution in [-0.4, -0.2) is 34.1 Å². The quantitative estimate of drug-likeness (QED) is 0.870. The van der Waals surface area contributed by atoms with Gasteiger partial charge in [-0.2, -0.15) is 0 Å². The molecule has 116 valence electrons. The number of nitrogens with zero attached hydrogens (tertiary/aromatic N) is 3. The highest BCUT2D eigenvalue weighted by molar-refractivity contribution is 8.01. The summed E-state index contributed by atoms with van der Waals surface area (Å²) in [5.74, 6) is 0.157. The molecule has 22 heavy (non-hydrogen) atoms. The first-order valence-corrected chi connectivity index (χ1v) is 9.03. The lowest BCUT2D eigenvalue weighted by atomic mass is 10.1. The Kier molecular flexibility index (Phi) is 4.94. The first-order valence-electron chi connectivity index (χ1n) is 7.33. The fourth-order valence-corrected chi connectivity index (χ4v) is 4.45. The van der Waals surface area contributed by atoms with E-state index in [2.05, 4.69) is 10.2 Å². The lowest BCUT2D eigenvalue weighted by molar-refractivity contribution is -0.131. The lowest BCUT2D eigenvalue weighted by Crippen LogP contribution is -2.38. The molecular formula is C15H18N4OS2. The van der Waals surface area contributed by atoms with Gasteiger partial charge in [-0.25, -0.2) is 0 Å². The normalized spacial score (nSPS) is 16.5. The van der Waals surface area contributed by atoms with E-state index in [9.17, 15) is 4.79 Å². The summed E-state index contributed by atoms with van der Waals surface area (Å²) in [6.07, 6.45) is 3.38. The number of nitrogens with two attached hydrogens (primary N) is 1. The molecule has 0 aliphatic carbocycles. The Morgan fingerprint density at radius 2 is 1.91 bits per heavy atom. The summed E-state index contributed by atoms with van der Waals surface area (Å²) >= 11 is 2.76. The van der Waals surface area contributed by atoms with Gasteiger partial charge < -0.3 is 10.6 Å². The molecule has 1 saturated heterocycles. The molecule has 2 N–H and O–H groups in total. The van der Waals surface area contributed by atoms with E-state index >= 15 is 0 Å². The smallest absolute Gasteiger partial charge is 0.240 e. The lowest BCUT2D eigenvalue weighted by Gasteiger charge is -2.30. The average molecular weight is 334 g/mol. The number of rotatable bonds is 4. The van der Waals surface area contributed by atoms with Crippen LogP contribution >= 0.6 is 23.1 Å². The van der Waals surface area contributed by atoms with E-state index in [1.54, 1.807) is 0 Å². The molecule has 2 aromatic rings. The number of carbonyl (C=O) groups excluding carboxylic acids is 1. The molecule has 2 heterocycles. The topological polar surface area (TPSA) is 72.1 Å². The van der Waals surface area contributed by atoms with Gasteiger partial charge in [0.15, 0.2) is 4.34 Å². The third kappa shape index (κ3) is 3.59. The molecule has 3 rings (SSSR count). The van der Waals surface area contributed by atoms with Crippen molar-refractivity contribution in [2.75, 3.05) is 18.8 Å². The van der Waals surface area contributed by atoms with Gasteiger partial charge >= 0.3 is 0 Å². The molecular weight excluding hydrogens is 316 g/mol. The molecule has 5 nitrogen and oxygen atoms in total. The predicted molar refractivity (Wildman–Crippen MR) is 89.8 cm³/mol. The number of anilines is 1. The Morgan fingerprint density at radius 3 is 2.55 bits per heavy atom. The van der Waals surface area contributed by atoms with Crippen molar-refractivity contribution >= 4 is 34.1 Å². The molecule has 7 heteroatoms. The standard InChI is InChI=1S/C15H18N4OS2/c16-14-17-18-15(22-14)21-12(11-7-3-1-4-8-11)13(20)19-9-5-2-6-10-19/h1,3-4,7-8,12H,2,5-6,9-10H2,(H2,16,17)/t12-/m1/s1. The van der Waals surface area contributed by atoms with Gasteiger partial charge in [0.2, 0.25) is 11.0 Å². The van der Waals surface area contributed by atoms with Crippen LogP contribution in [0.4, 0.5) is 5.13 Å². The highest BCUT2D eigenvalue weighted by atomic mass is 32.2. The van der Waals surface area contributed by atoms with Crippen LogP contribution < -0.4 is 5.73 Å². The molecule has 1 aromatic heterocycles. The second-order valence-corrected chi connectivity index (χ2v) is 7.56. The van der Waals surface area contributed by atoms with E-state index in [4.69, 9.17) is 5.73 Å². The van der Waals surface area contributed by atoms with Crippen LogP contribution in [0.5, 0.6) is 0 Å². The number of aromatic nitrogens is 2. The minimum atomic E-state index is -0.286. The number of carbonyl (C=O) groups is 1. The van der Waals surface area contributed by atoms with Crippen molar-refractivity contribution in [1.29, 1.82) is 0 Å². The number of hydrogen-bond acceptors (Lipinski definition) is 6. The third-order valence-electron chi connectivity index (χ3n) is 3.64. The van der Waals surface area contributed by atoms with Crippen molar-refractivity contribution in [3.63, 3.8) is 0 Å². The van der Waals surface area contributed by atoms with Crippen LogP contribution in [0.3, 0.4) is 0 Å². The van der Waals surface area contributed by atoms with Crippen LogP contribution in [0, 0.1) is 0 Å². The Labute approximate surface area is 137 Å². The Morgan fingerprint density at radius 1 is 1.18 bits per heavy atom. The molecule has 1 amide bonds.